The first-order valence-corrected chi connectivity index (χ1v) is 9.57. The van der Waals surface area contributed by atoms with Crippen LogP contribution in [0.5, 0.6) is 5.75 Å². The molecular weight excluding hydrogens is 354 g/mol. The molecular formula is C19H24ClN3O3. The monoisotopic (exact) mass is 377 g/mol. The summed E-state index contributed by atoms with van der Waals surface area (Å²) in [6, 6.07) is 4.52. The molecule has 0 aromatic heterocycles. The van der Waals surface area contributed by atoms with Crippen molar-refractivity contribution < 1.29 is 14.3 Å². The van der Waals surface area contributed by atoms with Crippen LogP contribution in [-0.2, 0) is 4.79 Å². The molecule has 1 N–H and O–H groups in total. The van der Waals surface area contributed by atoms with Gasteiger partial charge in [0.2, 0.25) is 0 Å². The smallest absolute Gasteiger partial charge is 0.264 e. The standard InChI is InChI=1S/C19H24ClN3O3/c1-22-13-4-3-5-14(22)9-12(8-13)21-19(25)15-6-11(20)7-16-18(15)26-10-17(24)23(16)2/h6-7,12-14H,3-5,8-10H2,1-2H3,(H,21,25). The zero-order valence-corrected chi connectivity index (χ0v) is 15.9. The Morgan fingerprint density at radius 2 is 1.92 bits per heavy atom. The van der Waals surface area contributed by atoms with Gasteiger partial charge in [-0.2, -0.15) is 0 Å². The molecule has 2 fully saturated rings. The molecule has 2 unspecified atom stereocenters. The molecule has 4 rings (SSSR count). The van der Waals surface area contributed by atoms with E-state index in [1.807, 2.05) is 0 Å². The third-order valence-corrected chi connectivity index (χ3v) is 6.25. The maximum absolute atomic E-state index is 13.0. The van der Waals surface area contributed by atoms with Gasteiger partial charge in [0.15, 0.2) is 12.4 Å². The third kappa shape index (κ3) is 3.05. The number of anilines is 1. The predicted octanol–water partition coefficient (Wildman–Crippen LogP) is 2.44. The van der Waals surface area contributed by atoms with Crippen LogP contribution in [0.1, 0.15) is 42.5 Å². The molecule has 2 amide bonds. The quantitative estimate of drug-likeness (QED) is 0.859. The molecule has 0 spiro atoms. The number of amides is 2. The average molecular weight is 378 g/mol. The van der Waals surface area contributed by atoms with Crippen LogP contribution >= 0.6 is 11.6 Å². The molecule has 2 saturated heterocycles. The Bertz CT molecular complexity index is 740. The molecule has 0 saturated carbocycles. The van der Waals surface area contributed by atoms with E-state index in [1.54, 1.807) is 19.2 Å². The van der Waals surface area contributed by atoms with E-state index in [-0.39, 0.29) is 24.5 Å². The molecule has 1 aromatic rings. The van der Waals surface area contributed by atoms with Crippen LogP contribution in [0.15, 0.2) is 12.1 Å². The highest BCUT2D eigenvalue weighted by molar-refractivity contribution is 6.31. The number of ether oxygens (including phenoxy) is 1. The lowest BCUT2D eigenvalue weighted by Gasteiger charge is -2.47. The van der Waals surface area contributed by atoms with E-state index in [0.717, 1.165) is 12.8 Å². The number of nitrogens with zero attached hydrogens (tertiary/aromatic N) is 2. The third-order valence-electron chi connectivity index (χ3n) is 6.03. The van der Waals surface area contributed by atoms with Gasteiger partial charge in [-0.05, 0) is 44.9 Å². The van der Waals surface area contributed by atoms with Gasteiger partial charge < -0.3 is 19.9 Å². The highest BCUT2D eigenvalue weighted by atomic mass is 35.5. The number of carbonyl (C=O) groups excluding carboxylic acids is 2. The number of benzene rings is 1. The zero-order valence-electron chi connectivity index (χ0n) is 15.1. The first-order chi connectivity index (χ1) is 12.4. The van der Waals surface area contributed by atoms with Crippen molar-refractivity contribution in [3.8, 4) is 5.75 Å². The Kier molecular flexibility index (Phi) is 4.57. The number of likely N-dealkylation sites (N-methyl/N-ethyl adjacent to an activating group) is 1. The highest BCUT2D eigenvalue weighted by Gasteiger charge is 2.37. The first-order valence-electron chi connectivity index (χ1n) is 9.19. The van der Waals surface area contributed by atoms with E-state index in [0.29, 0.717) is 34.1 Å². The van der Waals surface area contributed by atoms with Crippen molar-refractivity contribution >= 4 is 29.1 Å². The Labute approximate surface area is 158 Å². The summed E-state index contributed by atoms with van der Waals surface area (Å²) >= 11 is 6.20. The SMILES string of the molecule is CN1C(=O)COc2c(C(=O)NC3CC4CCCC(C3)N4C)cc(Cl)cc21. The second-order valence-corrected chi connectivity index (χ2v) is 8.03. The van der Waals surface area contributed by atoms with Gasteiger partial charge in [0.25, 0.3) is 11.8 Å². The van der Waals surface area contributed by atoms with Crippen molar-refractivity contribution in [2.75, 3.05) is 25.6 Å². The van der Waals surface area contributed by atoms with Crippen molar-refractivity contribution in [1.82, 2.24) is 10.2 Å². The van der Waals surface area contributed by atoms with Crippen LogP contribution in [0.4, 0.5) is 5.69 Å². The summed E-state index contributed by atoms with van der Waals surface area (Å²) in [5, 5.41) is 3.60. The number of rotatable bonds is 2. The molecule has 2 bridgehead atoms. The van der Waals surface area contributed by atoms with E-state index in [9.17, 15) is 9.59 Å². The van der Waals surface area contributed by atoms with Gasteiger partial charge in [0.1, 0.15) is 0 Å². The summed E-state index contributed by atoms with van der Waals surface area (Å²) in [7, 11) is 3.86. The number of halogens is 1. The molecule has 0 aliphatic carbocycles. The van der Waals surface area contributed by atoms with Gasteiger partial charge in [-0.25, -0.2) is 0 Å². The Morgan fingerprint density at radius 3 is 2.62 bits per heavy atom. The molecule has 7 heteroatoms. The highest BCUT2D eigenvalue weighted by Crippen LogP contribution is 2.38. The largest absolute Gasteiger partial charge is 0.481 e. The van der Waals surface area contributed by atoms with Crippen LogP contribution in [0, 0.1) is 0 Å². The fourth-order valence-corrected chi connectivity index (χ4v) is 4.72. The maximum Gasteiger partial charge on any atom is 0.264 e. The van der Waals surface area contributed by atoms with Crippen molar-refractivity contribution in [1.29, 1.82) is 0 Å². The number of piperidine rings is 2. The summed E-state index contributed by atoms with van der Waals surface area (Å²) in [6.07, 6.45) is 5.61. The van der Waals surface area contributed by atoms with Gasteiger partial charge in [0, 0.05) is 30.2 Å². The maximum atomic E-state index is 13.0. The predicted molar refractivity (Wildman–Crippen MR) is 100 cm³/mol. The van der Waals surface area contributed by atoms with E-state index in [1.165, 1.54) is 24.2 Å². The second-order valence-electron chi connectivity index (χ2n) is 7.59. The molecule has 2 atom stereocenters. The van der Waals surface area contributed by atoms with Crippen LogP contribution < -0.4 is 15.0 Å². The minimum absolute atomic E-state index is 0.0657. The lowest BCUT2D eigenvalue weighted by molar-refractivity contribution is -0.121. The molecule has 140 valence electrons. The van der Waals surface area contributed by atoms with Gasteiger partial charge in [-0.15, -0.1) is 0 Å². The second kappa shape index (κ2) is 6.74. The summed E-state index contributed by atoms with van der Waals surface area (Å²) in [6.45, 7) is -0.0657. The Balaban J connectivity index is 1.56. The van der Waals surface area contributed by atoms with Gasteiger partial charge in [-0.3, -0.25) is 9.59 Å². The van der Waals surface area contributed by atoms with E-state index >= 15 is 0 Å². The molecule has 6 nitrogen and oxygen atoms in total. The molecule has 3 heterocycles. The number of carbonyl (C=O) groups is 2. The molecule has 26 heavy (non-hydrogen) atoms. The molecule has 0 radical (unpaired) electrons. The minimum Gasteiger partial charge on any atom is -0.481 e. The van der Waals surface area contributed by atoms with Crippen molar-refractivity contribution in [3.63, 3.8) is 0 Å². The Hall–Kier alpha value is -1.79. The van der Waals surface area contributed by atoms with E-state index < -0.39 is 0 Å². The summed E-state index contributed by atoms with van der Waals surface area (Å²) < 4.78 is 5.58. The fourth-order valence-electron chi connectivity index (χ4n) is 4.51. The average Bonchev–Trinajstić information content (AvgIpc) is 2.59. The van der Waals surface area contributed by atoms with Crippen LogP contribution in [0.2, 0.25) is 5.02 Å². The number of fused-ring (bicyclic) bond motifs is 3. The fraction of sp³-hybridized carbons (Fsp3) is 0.579. The normalized spacial score (nSPS) is 28.3. The topological polar surface area (TPSA) is 61.9 Å². The summed E-state index contributed by atoms with van der Waals surface area (Å²) in [4.78, 5) is 28.8. The molecule has 3 aliphatic rings. The van der Waals surface area contributed by atoms with Gasteiger partial charge >= 0.3 is 0 Å². The van der Waals surface area contributed by atoms with Gasteiger partial charge in [0.05, 0.1) is 11.3 Å². The van der Waals surface area contributed by atoms with Crippen LogP contribution in [-0.4, -0.2) is 55.5 Å². The van der Waals surface area contributed by atoms with Crippen molar-refractivity contribution in [2.24, 2.45) is 0 Å². The van der Waals surface area contributed by atoms with E-state index in [2.05, 4.69) is 17.3 Å². The summed E-state index contributed by atoms with van der Waals surface area (Å²) in [5.41, 5.74) is 0.940. The van der Waals surface area contributed by atoms with Crippen molar-refractivity contribution in [2.45, 2.75) is 50.2 Å². The van der Waals surface area contributed by atoms with Gasteiger partial charge in [-0.1, -0.05) is 18.0 Å². The van der Waals surface area contributed by atoms with Crippen LogP contribution in [0.25, 0.3) is 0 Å². The lowest BCUT2D eigenvalue weighted by atomic mass is 9.82. The van der Waals surface area contributed by atoms with E-state index in [4.69, 9.17) is 16.3 Å². The lowest BCUT2D eigenvalue weighted by Crippen LogP contribution is -2.55. The number of hydrogen-bond acceptors (Lipinski definition) is 4. The summed E-state index contributed by atoms with van der Waals surface area (Å²) in [5.74, 6) is 0.0931. The Morgan fingerprint density at radius 1 is 1.23 bits per heavy atom. The van der Waals surface area contributed by atoms with Crippen molar-refractivity contribution in [3.05, 3.63) is 22.7 Å². The first kappa shape index (κ1) is 17.6. The minimum atomic E-state index is -0.181. The molecule has 1 aromatic carbocycles. The zero-order chi connectivity index (χ0) is 18.4. The molecule has 3 aliphatic heterocycles. The number of hydrogen-bond donors (Lipinski definition) is 1. The number of nitrogens with one attached hydrogen (secondary N) is 1. The van der Waals surface area contributed by atoms with Crippen LogP contribution in [0.3, 0.4) is 0 Å².